The van der Waals surface area contributed by atoms with Gasteiger partial charge in [-0.3, -0.25) is 4.79 Å². The molecule has 3 N–H and O–H groups in total. The molecule has 0 spiro atoms. The maximum atomic E-state index is 11.0. The summed E-state index contributed by atoms with van der Waals surface area (Å²) in [6, 6.07) is 3.87. The number of nitrogens with two attached hydrogens (primary N) is 1. The molecule has 0 radical (unpaired) electrons. The molecule has 1 fully saturated rings. The van der Waals surface area contributed by atoms with Crippen molar-refractivity contribution in [3.8, 4) is 5.88 Å². The van der Waals surface area contributed by atoms with Crippen LogP contribution in [-0.2, 0) is 4.79 Å². The van der Waals surface area contributed by atoms with Crippen molar-refractivity contribution >= 4 is 17.4 Å². The molecule has 104 valence electrons. The van der Waals surface area contributed by atoms with E-state index in [4.69, 9.17) is 10.5 Å². The summed E-state index contributed by atoms with van der Waals surface area (Å²) in [5.41, 5.74) is 6.35. The van der Waals surface area contributed by atoms with Crippen molar-refractivity contribution in [2.45, 2.75) is 26.3 Å². The summed E-state index contributed by atoms with van der Waals surface area (Å²) < 4.78 is 5.40. The number of carbonyl (C=O) groups excluding carboxylic acids is 1. The van der Waals surface area contributed by atoms with E-state index in [0.717, 1.165) is 25.3 Å². The number of aromatic nitrogens is 1. The molecular formula is C13H20N4O2. The van der Waals surface area contributed by atoms with Gasteiger partial charge >= 0.3 is 0 Å². The number of hydrogen-bond acceptors (Lipinski definition) is 5. The van der Waals surface area contributed by atoms with E-state index in [9.17, 15) is 4.79 Å². The third-order valence-corrected chi connectivity index (χ3v) is 3.08. The molecule has 19 heavy (non-hydrogen) atoms. The van der Waals surface area contributed by atoms with E-state index >= 15 is 0 Å². The molecule has 2 rings (SSSR count). The predicted molar refractivity (Wildman–Crippen MR) is 74.3 cm³/mol. The minimum Gasteiger partial charge on any atom is -0.476 e. The summed E-state index contributed by atoms with van der Waals surface area (Å²) in [5, 5.41) is 2.93. The van der Waals surface area contributed by atoms with Crippen molar-refractivity contribution in [1.82, 2.24) is 10.3 Å². The zero-order chi connectivity index (χ0) is 13.8. The van der Waals surface area contributed by atoms with E-state index in [1.54, 1.807) is 6.07 Å². The van der Waals surface area contributed by atoms with Crippen molar-refractivity contribution in [2.75, 3.05) is 30.3 Å². The van der Waals surface area contributed by atoms with Crippen molar-refractivity contribution in [2.24, 2.45) is 0 Å². The van der Waals surface area contributed by atoms with Gasteiger partial charge in [0, 0.05) is 26.1 Å². The SMILES string of the molecule is CCOc1nc(N2CCC(NC(C)=O)C2)ccc1N. The summed E-state index contributed by atoms with van der Waals surface area (Å²) in [6.45, 7) is 5.61. The van der Waals surface area contributed by atoms with Crippen LogP contribution in [0.1, 0.15) is 20.3 Å². The molecular weight excluding hydrogens is 244 g/mol. The molecule has 1 aliphatic rings. The Hall–Kier alpha value is -1.98. The Labute approximate surface area is 112 Å². The molecule has 1 unspecified atom stereocenters. The van der Waals surface area contributed by atoms with Gasteiger partial charge in [-0.15, -0.1) is 0 Å². The summed E-state index contributed by atoms with van der Waals surface area (Å²) in [7, 11) is 0. The molecule has 6 nitrogen and oxygen atoms in total. The number of nitrogens with zero attached hydrogens (tertiary/aromatic N) is 2. The maximum Gasteiger partial charge on any atom is 0.239 e. The molecule has 1 saturated heterocycles. The lowest BCUT2D eigenvalue weighted by Gasteiger charge is -2.19. The molecule has 0 aromatic carbocycles. The van der Waals surface area contributed by atoms with E-state index in [2.05, 4.69) is 15.2 Å². The highest BCUT2D eigenvalue weighted by Crippen LogP contribution is 2.25. The molecule has 0 saturated carbocycles. The van der Waals surface area contributed by atoms with Gasteiger partial charge in [0.1, 0.15) is 5.82 Å². The minimum absolute atomic E-state index is 0.00659. The first-order valence-corrected chi connectivity index (χ1v) is 6.51. The molecule has 0 bridgehead atoms. The normalized spacial score (nSPS) is 18.4. The highest BCUT2D eigenvalue weighted by atomic mass is 16.5. The second kappa shape index (κ2) is 5.77. The number of hydrogen-bond donors (Lipinski definition) is 2. The van der Waals surface area contributed by atoms with E-state index in [-0.39, 0.29) is 11.9 Å². The van der Waals surface area contributed by atoms with Crippen LogP contribution in [-0.4, -0.2) is 36.6 Å². The summed E-state index contributed by atoms with van der Waals surface area (Å²) >= 11 is 0. The van der Waals surface area contributed by atoms with Gasteiger partial charge < -0.3 is 20.7 Å². The predicted octanol–water partition coefficient (Wildman–Crippen LogP) is 0.777. The number of pyridine rings is 1. The Morgan fingerprint density at radius 2 is 2.42 bits per heavy atom. The summed E-state index contributed by atoms with van der Waals surface area (Å²) in [6.07, 6.45) is 0.926. The van der Waals surface area contributed by atoms with Crippen LogP contribution in [0.4, 0.5) is 11.5 Å². The van der Waals surface area contributed by atoms with Crippen LogP contribution in [0.5, 0.6) is 5.88 Å². The van der Waals surface area contributed by atoms with Gasteiger partial charge in [-0.1, -0.05) is 0 Å². The Morgan fingerprint density at radius 3 is 3.11 bits per heavy atom. The molecule has 1 aromatic rings. The van der Waals surface area contributed by atoms with E-state index in [1.165, 1.54) is 6.92 Å². The van der Waals surface area contributed by atoms with Crippen molar-refractivity contribution in [1.29, 1.82) is 0 Å². The van der Waals surface area contributed by atoms with E-state index in [0.29, 0.717) is 18.2 Å². The highest BCUT2D eigenvalue weighted by Gasteiger charge is 2.24. The lowest BCUT2D eigenvalue weighted by molar-refractivity contribution is -0.119. The molecule has 1 aliphatic heterocycles. The number of nitrogen functional groups attached to an aromatic ring is 1. The number of ether oxygens (including phenoxy) is 1. The topological polar surface area (TPSA) is 80.5 Å². The lowest BCUT2D eigenvalue weighted by Crippen LogP contribution is -2.35. The lowest BCUT2D eigenvalue weighted by atomic mass is 10.2. The highest BCUT2D eigenvalue weighted by molar-refractivity contribution is 5.73. The Bertz CT molecular complexity index is 464. The zero-order valence-electron chi connectivity index (χ0n) is 11.3. The van der Waals surface area contributed by atoms with Crippen LogP contribution in [0.25, 0.3) is 0 Å². The second-order valence-corrected chi connectivity index (χ2v) is 4.63. The second-order valence-electron chi connectivity index (χ2n) is 4.63. The van der Waals surface area contributed by atoms with Gasteiger partial charge in [-0.25, -0.2) is 0 Å². The number of carbonyl (C=O) groups is 1. The minimum atomic E-state index is 0.00659. The van der Waals surface area contributed by atoms with Crippen LogP contribution in [0.15, 0.2) is 12.1 Å². The quantitative estimate of drug-likeness (QED) is 0.840. The van der Waals surface area contributed by atoms with Crippen LogP contribution in [0.2, 0.25) is 0 Å². The monoisotopic (exact) mass is 264 g/mol. The Kier molecular flexibility index (Phi) is 4.09. The fraction of sp³-hybridized carbons (Fsp3) is 0.538. The average molecular weight is 264 g/mol. The molecule has 6 heteroatoms. The van der Waals surface area contributed by atoms with Gasteiger partial charge in [-0.05, 0) is 25.5 Å². The first-order chi connectivity index (χ1) is 9.10. The standard InChI is InChI=1S/C13H20N4O2/c1-3-19-13-11(14)4-5-12(16-13)17-7-6-10(8-17)15-9(2)18/h4-5,10H,3,6-8,14H2,1-2H3,(H,15,18). The number of rotatable bonds is 4. The van der Waals surface area contributed by atoms with Crippen molar-refractivity contribution in [3.05, 3.63) is 12.1 Å². The molecule has 2 heterocycles. The fourth-order valence-corrected chi connectivity index (χ4v) is 2.24. The van der Waals surface area contributed by atoms with Crippen molar-refractivity contribution in [3.63, 3.8) is 0 Å². The largest absolute Gasteiger partial charge is 0.476 e. The Balaban J connectivity index is 2.06. The number of nitrogens with one attached hydrogen (secondary N) is 1. The molecule has 1 amide bonds. The average Bonchev–Trinajstić information content (AvgIpc) is 2.80. The Morgan fingerprint density at radius 1 is 1.63 bits per heavy atom. The first-order valence-electron chi connectivity index (χ1n) is 6.51. The maximum absolute atomic E-state index is 11.0. The number of amides is 1. The molecule has 1 aromatic heterocycles. The van der Waals surface area contributed by atoms with Crippen LogP contribution < -0.4 is 20.7 Å². The first kappa shape index (κ1) is 13.5. The third kappa shape index (κ3) is 3.27. The van der Waals surface area contributed by atoms with Gasteiger partial charge in [0.15, 0.2) is 0 Å². The van der Waals surface area contributed by atoms with Crippen molar-refractivity contribution < 1.29 is 9.53 Å². The van der Waals surface area contributed by atoms with E-state index < -0.39 is 0 Å². The molecule has 1 atom stereocenters. The number of anilines is 2. The van der Waals surface area contributed by atoms with E-state index in [1.807, 2.05) is 13.0 Å². The zero-order valence-corrected chi connectivity index (χ0v) is 11.3. The molecule has 0 aliphatic carbocycles. The van der Waals surface area contributed by atoms with Crippen LogP contribution >= 0.6 is 0 Å². The fourth-order valence-electron chi connectivity index (χ4n) is 2.24. The van der Waals surface area contributed by atoms with Gasteiger partial charge in [0.05, 0.1) is 12.3 Å². The van der Waals surface area contributed by atoms with Gasteiger partial charge in [-0.2, -0.15) is 4.98 Å². The van der Waals surface area contributed by atoms with Gasteiger partial charge in [0.25, 0.3) is 0 Å². The smallest absolute Gasteiger partial charge is 0.239 e. The summed E-state index contributed by atoms with van der Waals surface area (Å²) in [5.74, 6) is 1.32. The summed E-state index contributed by atoms with van der Waals surface area (Å²) in [4.78, 5) is 17.6. The van der Waals surface area contributed by atoms with Crippen LogP contribution in [0.3, 0.4) is 0 Å². The third-order valence-electron chi connectivity index (χ3n) is 3.08. The van der Waals surface area contributed by atoms with Gasteiger partial charge in [0.2, 0.25) is 11.8 Å². The van der Waals surface area contributed by atoms with Crippen LogP contribution in [0, 0.1) is 0 Å².